The molecule has 4 heteroatoms. The van der Waals surface area contributed by atoms with Crippen molar-refractivity contribution in [1.29, 1.82) is 0 Å². The van der Waals surface area contributed by atoms with Gasteiger partial charge in [0.1, 0.15) is 18.2 Å². The summed E-state index contributed by atoms with van der Waals surface area (Å²) in [5, 5.41) is 4.46. The summed E-state index contributed by atoms with van der Waals surface area (Å²) < 4.78 is 20.6. The van der Waals surface area contributed by atoms with Crippen molar-refractivity contribution in [3.05, 3.63) is 47.5 Å². The van der Waals surface area contributed by atoms with E-state index in [2.05, 4.69) is 18.9 Å². The molecule has 0 amide bonds. The van der Waals surface area contributed by atoms with E-state index in [1.165, 1.54) is 12.1 Å². The predicted molar refractivity (Wildman–Crippen MR) is 72.7 cm³/mol. The molecule has 0 aliphatic rings. The molecule has 0 bridgehead atoms. The van der Waals surface area contributed by atoms with Crippen molar-refractivity contribution in [3.63, 3.8) is 0 Å². The van der Waals surface area contributed by atoms with Gasteiger partial charge >= 0.3 is 0 Å². The highest BCUT2D eigenvalue weighted by molar-refractivity contribution is 5.32. The van der Waals surface area contributed by atoms with E-state index in [1.807, 2.05) is 23.9 Å². The van der Waals surface area contributed by atoms with Crippen molar-refractivity contribution >= 4 is 0 Å². The first-order chi connectivity index (χ1) is 9.10. The number of halogens is 1. The second-order valence-electron chi connectivity index (χ2n) is 4.74. The van der Waals surface area contributed by atoms with Crippen LogP contribution in [0.4, 0.5) is 4.39 Å². The summed E-state index contributed by atoms with van der Waals surface area (Å²) in [6, 6.07) is 6.86. The minimum Gasteiger partial charge on any atom is -0.487 e. The van der Waals surface area contributed by atoms with Crippen LogP contribution in [-0.2, 0) is 6.61 Å². The molecule has 1 unspecified atom stereocenters. The maximum atomic E-state index is 13.0. The van der Waals surface area contributed by atoms with Crippen LogP contribution in [0.3, 0.4) is 0 Å². The van der Waals surface area contributed by atoms with E-state index >= 15 is 0 Å². The molecule has 19 heavy (non-hydrogen) atoms. The maximum absolute atomic E-state index is 13.0. The number of aryl methyl sites for hydroxylation is 1. The van der Waals surface area contributed by atoms with Gasteiger partial charge in [-0.2, -0.15) is 5.10 Å². The predicted octanol–water partition coefficient (Wildman–Crippen LogP) is 3.88. The summed E-state index contributed by atoms with van der Waals surface area (Å²) in [4.78, 5) is 0. The van der Waals surface area contributed by atoms with Gasteiger partial charge in [-0.05, 0) is 50.1 Å². The van der Waals surface area contributed by atoms with Gasteiger partial charge in [0.25, 0.3) is 0 Å². The Balaban J connectivity index is 2.00. The van der Waals surface area contributed by atoms with E-state index < -0.39 is 0 Å². The van der Waals surface area contributed by atoms with Crippen molar-refractivity contribution in [2.45, 2.75) is 39.8 Å². The third-order valence-corrected chi connectivity index (χ3v) is 3.22. The molecule has 0 aliphatic heterocycles. The van der Waals surface area contributed by atoms with Gasteiger partial charge in [-0.1, -0.05) is 6.92 Å². The van der Waals surface area contributed by atoms with Gasteiger partial charge in [-0.3, -0.25) is 4.68 Å². The lowest BCUT2D eigenvalue weighted by atomic mass is 10.2. The molecular formula is C15H19FN2O. The third kappa shape index (κ3) is 3.34. The molecule has 0 spiro atoms. The van der Waals surface area contributed by atoms with Gasteiger partial charge in [-0.15, -0.1) is 0 Å². The molecule has 3 nitrogen and oxygen atoms in total. The number of hydrogen-bond donors (Lipinski definition) is 0. The molecule has 102 valence electrons. The Bertz CT molecular complexity index is 551. The van der Waals surface area contributed by atoms with Gasteiger partial charge in [0.05, 0.1) is 5.69 Å². The van der Waals surface area contributed by atoms with Gasteiger partial charge in [0.15, 0.2) is 0 Å². The normalized spacial score (nSPS) is 12.4. The van der Waals surface area contributed by atoms with Crippen LogP contribution in [0.5, 0.6) is 5.75 Å². The van der Waals surface area contributed by atoms with Crippen molar-refractivity contribution < 1.29 is 9.13 Å². The first-order valence-electron chi connectivity index (χ1n) is 6.53. The van der Waals surface area contributed by atoms with Crippen molar-refractivity contribution in [2.75, 3.05) is 0 Å². The van der Waals surface area contributed by atoms with Crippen molar-refractivity contribution in [1.82, 2.24) is 9.78 Å². The van der Waals surface area contributed by atoms with Crippen LogP contribution in [0.2, 0.25) is 0 Å². The average Bonchev–Trinajstić information content (AvgIpc) is 2.85. The Morgan fingerprint density at radius 1 is 1.37 bits per heavy atom. The molecule has 1 heterocycles. The van der Waals surface area contributed by atoms with E-state index in [1.54, 1.807) is 6.07 Å². The monoisotopic (exact) mass is 262 g/mol. The number of rotatable bonds is 5. The zero-order valence-corrected chi connectivity index (χ0v) is 11.6. The number of benzene rings is 1. The minimum atomic E-state index is -0.245. The maximum Gasteiger partial charge on any atom is 0.132 e. The Morgan fingerprint density at radius 2 is 2.16 bits per heavy atom. The lowest BCUT2D eigenvalue weighted by molar-refractivity contribution is 0.295. The van der Waals surface area contributed by atoms with Gasteiger partial charge in [0.2, 0.25) is 0 Å². The third-order valence-electron chi connectivity index (χ3n) is 3.22. The Morgan fingerprint density at radius 3 is 2.84 bits per heavy atom. The Labute approximate surface area is 113 Å². The van der Waals surface area contributed by atoms with Gasteiger partial charge in [0, 0.05) is 12.2 Å². The topological polar surface area (TPSA) is 27.1 Å². The molecule has 0 aliphatic carbocycles. The molecular weight excluding hydrogens is 243 g/mol. The van der Waals surface area contributed by atoms with Crippen LogP contribution >= 0.6 is 0 Å². The molecule has 2 rings (SSSR count). The summed E-state index contributed by atoms with van der Waals surface area (Å²) in [6.07, 6.45) is 3.00. The minimum absolute atomic E-state index is 0.245. The van der Waals surface area contributed by atoms with Crippen LogP contribution in [0.1, 0.15) is 37.6 Å². The number of hydrogen-bond acceptors (Lipinski definition) is 2. The summed E-state index contributed by atoms with van der Waals surface area (Å²) in [5.41, 5.74) is 1.67. The van der Waals surface area contributed by atoms with E-state index in [0.29, 0.717) is 18.4 Å². The first kappa shape index (κ1) is 13.6. The smallest absolute Gasteiger partial charge is 0.132 e. The van der Waals surface area contributed by atoms with E-state index in [0.717, 1.165) is 17.7 Å². The molecule has 0 saturated heterocycles. The molecule has 0 radical (unpaired) electrons. The standard InChI is InChI=1S/C15H19FN2O/c1-4-12(3)18-8-7-14(17-18)10-19-15-6-5-13(16)9-11(15)2/h5-9,12H,4,10H2,1-3H3. The molecule has 2 aromatic rings. The van der Waals surface area contributed by atoms with Gasteiger partial charge in [-0.25, -0.2) is 4.39 Å². The molecule has 0 N–H and O–H groups in total. The summed E-state index contributed by atoms with van der Waals surface area (Å²) in [5.74, 6) is 0.449. The quantitative estimate of drug-likeness (QED) is 0.817. The molecule has 0 fully saturated rings. The van der Waals surface area contributed by atoms with Crippen LogP contribution in [0.15, 0.2) is 30.5 Å². The van der Waals surface area contributed by atoms with E-state index in [-0.39, 0.29) is 5.82 Å². The van der Waals surface area contributed by atoms with Crippen LogP contribution < -0.4 is 4.74 Å². The highest BCUT2D eigenvalue weighted by atomic mass is 19.1. The van der Waals surface area contributed by atoms with Crippen molar-refractivity contribution in [2.24, 2.45) is 0 Å². The lowest BCUT2D eigenvalue weighted by Crippen LogP contribution is -2.06. The number of aromatic nitrogens is 2. The van der Waals surface area contributed by atoms with Gasteiger partial charge < -0.3 is 4.74 Å². The molecule has 1 aromatic heterocycles. The largest absolute Gasteiger partial charge is 0.487 e. The highest BCUT2D eigenvalue weighted by Gasteiger charge is 2.06. The fourth-order valence-corrected chi connectivity index (χ4v) is 1.81. The zero-order chi connectivity index (χ0) is 13.8. The second kappa shape index (κ2) is 5.87. The number of ether oxygens (including phenoxy) is 1. The van der Waals surface area contributed by atoms with Crippen molar-refractivity contribution in [3.8, 4) is 5.75 Å². The summed E-state index contributed by atoms with van der Waals surface area (Å²) in [7, 11) is 0. The summed E-state index contributed by atoms with van der Waals surface area (Å²) >= 11 is 0. The second-order valence-corrected chi connectivity index (χ2v) is 4.74. The average molecular weight is 262 g/mol. The fraction of sp³-hybridized carbons (Fsp3) is 0.400. The fourth-order valence-electron chi connectivity index (χ4n) is 1.81. The highest BCUT2D eigenvalue weighted by Crippen LogP contribution is 2.19. The van der Waals surface area contributed by atoms with E-state index in [4.69, 9.17) is 4.74 Å². The van der Waals surface area contributed by atoms with Crippen LogP contribution in [0, 0.1) is 12.7 Å². The summed E-state index contributed by atoms with van der Waals surface area (Å²) in [6.45, 7) is 6.48. The molecule has 1 atom stereocenters. The van der Waals surface area contributed by atoms with Crippen LogP contribution in [0.25, 0.3) is 0 Å². The van der Waals surface area contributed by atoms with E-state index in [9.17, 15) is 4.39 Å². The molecule has 1 aromatic carbocycles. The zero-order valence-electron chi connectivity index (χ0n) is 11.6. The Hall–Kier alpha value is -1.84. The van der Waals surface area contributed by atoms with Crippen LogP contribution in [-0.4, -0.2) is 9.78 Å². The lowest BCUT2D eigenvalue weighted by Gasteiger charge is -2.09. The molecule has 0 saturated carbocycles. The number of nitrogens with zero attached hydrogens (tertiary/aromatic N) is 2. The Kier molecular flexibility index (Phi) is 4.20. The first-order valence-corrected chi connectivity index (χ1v) is 6.53. The SMILES string of the molecule is CCC(C)n1ccc(COc2ccc(F)cc2C)n1.